The normalized spacial score (nSPS) is 11.6. The lowest BCUT2D eigenvalue weighted by molar-refractivity contribution is -0.157. The third-order valence-corrected chi connectivity index (χ3v) is 3.97. The lowest BCUT2D eigenvalue weighted by Crippen LogP contribution is -2.42. The van der Waals surface area contributed by atoms with Crippen LogP contribution in [-0.2, 0) is 33.3 Å². The number of nitrogens with zero attached hydrogens (tertiary/aromatic N) is 3. The fraction of sp³-hybridized carbons (Fsp3) is 0.870. The van der Waals surface area contributed by atoms with Crippen LogP contribution in [0.4, 0.5) is 0 Å². The van der Waals surface area contributed by atoms with Gasteiger partial charge in [-0.2, -0.15) is 0 Å². The summed E-state index contributed by atoms with van der Waals surface area (Å²) in [7, 11) is 0. The topological polar surface area (TPSA) is 149 Å². The zero-order valence-electron chi connectivity index (χ0n) is 21.6. The monoisotopic (exact) mass is 486 g/mol. The van der Waals surface area contributed by atoms with Crippen LogP contribution in [0.5, 0.6) is 0 Å². The molecule has 34 heavy (non-hydrogen) atoms. The van der Waals surface area contributed by atoms with E-state index in [0.717, 1.165) is 12.8 Å². The summed E-state index contributed by atoms with van der Waals surface area (Å²) in [5.41, 5.74) is 7.15. The van der Waals surface area contributed by atoms with E-state index in [9.17, 15) is 14.4 Å². The minimum absolute atomic E-state index is 0.0998. The molecule has 0 unspecified atom stereocenters. The average Bonchev–Trinajstić information content (AvgIpc) is 2.68. The van der Waals surface area contributed by atoms with Crippen LogP contribution < -0.4 is 5.32 Å². The number of amides is 1. The van der Waals surface area contributed by atoms with E-state index >= 15 is 0 Å². The van der Waals surface area contributed by atoms with Gasteiger partial charge in [0.25, 0.3) is 0 Å². The van der Waals surface area contributed by atoms with E-state index in [2.05, 4.69) is 15.3 Å². The van der Waals surface area contributed by atoms with Gasteiger partial charge in [-0.25, -0.2) is 0 Å². The standard InChI is InChI=1S/C23H42N4O7/c1-22(2,3)33-20(29)11-14-31-16-18(17-32-15-12-21(30)34-23(4,5)6)26-19(28)10-8-7-9-13-25-27-24/h18H,7-17H2,1-6H3,(H,26,28). The van der Waals surface area contributed by atoms with Gasteiger partial charge in [-0.15, -0.1) is 0 Å². The SMILES string of the molecule is CC(C)(C)OC(=O)CCOCC(COCCC(=O)OC(C)(C)C)NC(=O)CCCCCN=[N+]=[N-]. The maximum atomic E-state index is 12.3. The summed E-state index contributed by atoms with van der Waals surface area (Å²) >= 11 is 0. The van der Waals surface area contributed by atoms with Crippen molar-refractivity contribution in [1.82, 2.24) is 5.32 Å². The third kappa shape index (κ3) is 21.5. The minimum Gasteiger partial charge on any atom is -0.460 e. The predicted octanol–water partition coefficient (Wildman–Crippen LogP) is 3.84. The largest absolute Gasteiger partial charge is 0.460 e. The van der Waals surface area contributed by atoms with Crippen LogP contribution in [0.25, 0.3) is 10.4 Å². The Morgan fingerprint density at radius 1 is 0.824 bits per heavy atom. The maximum Gasteiger partial charge on any atom is 0.308 e. The van der Waals surface area contributed by atoms with Crippen LogP contribution in [0.15, 0.2) is 5.11 Å². The van der Waals surface area contributed by atoms with Crippen LogP contribution in [-0.4, -0.2) is 68.1 Å². The van der Waals surface area contributed by atoms with E-state index in [1.165, 1.54) is 0 Å². The molecule has 0 heterocycles. The van der Waals surface area contributed by atoms with E-state index in [0.29, 0.717) is 19.4 Å². The highest BCUT2D eigenvalue weighted by molar-refractivity contribution is 5.76. The molecule has 0 aromatic carbocycles. The Labute approximate surface area is 202 Å². The highest BCUT2D eigenvalue weighted by atomic mass is 16.6. The highest BCUT2D eigenvalue weighted by Gasteiger charge is 2.18. The van der Waals surface area contributed by atoms with E-state index in [1.54, 1.807) is 41.5 Å². The second kappa shape index (κ2) is 17.1. The van der Waals surface area contributed by atoms with Gasteiger partial charge >= 0.3 is 11.9 Å². The van der Waals surface area contributed by atoms with Crippen molar-refractivity contribution in [3.8, 4) is 0 Å². The number of rotatable bonds is 17. The van der Waals surface area contributed by atoms with Crippen molar-refractivity contribution >= 4 is 17.8 Å². The Morgan fingerprint density at radius 3 is 1.76 bits per heavy atom. The number of ether oxygens (including phenoxy) is 4. The molecule has 0 aromatic rings. The van der Waals surface area contributed by atoms with Gasteiger partial charge in [0.1, 0.15) is 11.2 Å². The lowest BCUT2D eigenvalue weighted by atomic mass is 10.2. The molecule has 1 N–H and O–H groups in total. The van der Waals surface area contributed by atoms with Crippen molar-refractivity contribution in [2.45, 2.75) is 97.3 Å². The molecule has 0 bridgehead atoms. The number of carbonyl (C=O) groups is 3. The number of unbranched alkanes of at least 4 members (excludes halogenated alkanes) is 2. The van der Waals surface area contributed by atoms with Crippen molar-refractivity contribution in [1.29, 1.82) is 0 Å². The molecule has 11 heteroatoms. The molecule has 0 fully saturated rings. The summed E-state index contributed by atoms with van der Waals surface area (Å²) in [4.78, 5) is 38.6. The zero-order chi connectivity index (χ0) is 26.0. The molecule has 0 aliphatic heterocycles. The van der Waals surface area contributed by atoms with Crippen LogP contribution in [0.1, 0.15) is 80.1 Å². The molecular weight excluding hydrogens is 444 g/mol. The van der Waals surface area contributed by atoms with Gasteiger partial charge in [0.05, 0.1) is 45.3 Å². The van der Waals surface area contributed by atoms with E-state index in [1.807, 2.05) is 0 Å². The first kappa shape index (κ1) is 31.6. The fourth-order valence-corrected chi connectivity index (χ4v) is 2.67. The molecule has 0 aliphatic carbocycles. The molecule has 0 aromatic heterocycles. The van der Waals surface area contributed by atoms with Crippen molar-refractivity contribution in [3.05, 3.63) is 10.4 Å². The van der Waals surface area contributed by atoms with Crippen LogP contribution in [0.2, 0.25) is 0 Å². The molecule has 0 radical (unpaired) electrons. The number of nitrogens with one attached hydrogen (secondary N) is 1. The molecule has 0 spiro atoms. The first-order chi connectivity index (χ1) is 15.8. The molecular formula is C23H42N4O7. The molecule has 1 amide bonds. The van der Waals surface area contributed by atoms with Gasteiger partial charge in [0.15, 0.2) is 0 Å². The van der Waals surface area contributed by atoms with Gasteiger partial charge in [-0.05, 0) is 59.9 Å². The summed E-state index contributed by atoms with van der Waals surface area (Å²) in [6, 6.07) is -0.437. The van der Waals surface area contributed by atoms with Crippen molar-refractivity contribution in [3.63, 3.8) is 0 Å². The predicted molar refractivity (Wildman–Crippen MR) is 127 cm³/mol. The lowest BCUT2D eigenvalue weighted by Gasteiger charge is -2.21. The van der Waals surface area contributed by atoms with Crippen molar-refractivity contribution in [2.75, 3.05) is 33.0 Å². The molecule has 0 rings (SSSR count). The number of esters is 2. The first-order valence-electron chi connectivity index (χ1n) is 11.7. The number of azide groups is 1. The van der Waals surface area contributed by atoms with E-state index in [4.69, 9.17) is 24.5 Å². The summed E-state index contributed by atoms with van der Waals surface area (Å²) in [6.45, 7) is 11.8. The zero-order valence-corrected chi connectivity index (χ0v) is 21.6. The van der Waals surface area contributed by atoms with Crippen LogP contribution in [0, 0.1) is 0 Å². The number of hydrogen-bond acceptors (Lipinski definition) is 8. The molecule has 11 nitrogen and oxygen atoms in total. The number of hydrogen-bond donors (Lipinski definition) is 1. The van der Waals surface area contributed by atoms with Crippen LogP contribution in [0.3, 0.4) is 0 Å². The van der Waals surface area contributed by atoms with Gasteiger partial charge in [-0.1, -0.05) is 11.5 Å². The van der Waals surface area contributed by atoms with Gasteiger partial charge in [0, 0.05) is 17.9 Å². The molecule has 0 saturated heterocycles. The smallest absolute Gasteiger partial charge is 0.308 e. The Morgan fingerprint density at radius 2 is 1.32 bits per heavy atom. The second-order valence-electron chi connectivity index (χ2n) is 9.85. The molecule has 0 saturated carbocycles. The summed E-state index contributed by atoms with van der Waals surface area (Å²) in [5.74, 6) is -0.870. The van der Waals surface area contributed by atoms with Gasteiger partial charge in [-0.3, -0.25) is 14.4 Å². The van der Waals surface area contributed by atoms with Crippen molar-refractivity contribution in [2.24, 2.45) is 5.11 Å². The maximum absolute atomic E-state index is 12.3. The Balaban J connectivity index is 4.47. The van der Waals surface area contributed by atoms with Gasteiger partial charge < -0.3 is 24.3 Å². The highest BCUT2D eigenvalue weighted by Crippen LogP contribution is 2.09. The minimum atomic E-state index is -0.559. The Kier molecular flexibility index (Phi) is 15.9. The molecule has 0 atom stereocenters. The summed E-state index contributed by atoms with van der Waals surface area (Å²) in [5, 5.41) is 6.33. The van der Waals surface area contributed by atoms with Gasteiger partial charge in [0.2, 0.25) is 5.91 Å². The third-order valence-electron chi connectivity index (χ3n) is 3.97. The quantitative estimate of drug-likeness (QED) is 0.108. The fourth-order valence-electron chi connectivity index (χ4n) is 2.67. The molecule has 196 valence electrons. The van der Waals surface area contributed by atoms with Crippen molar-refractivity contribution < 1.29 is 33.3 Å². The molecule has 0 aliphatic rings. The second-order valence-corrected chi connectivity index (χ2v) is 9.85. The number of carbonyl (C=O) groups excluding carboxylic acids is 3. The van der Waals surface area contributed by atoms with Crippen LogP contribution >= 0.6 is 0 Å². The summed E-state index contributed by atoms with van der Waals surface area (Å²) in [6.07, 6.45) is 2.69. The average molecular weight is 487 g/mol. The Bertz CT molecular complexity index is 629. The Hall–Kier alpha value is -2.36. The van der Waals surface area contributed by atoms with E-state index < -0.39 is 17.2 Å². The summed E-state index contributed by atoms with van der Waals surface area (Å²) < 4.78 is 21.6. The van der Waals surface area contributed by atoms with E-state index in [-0.39, 0.29) is 57.1 Å². The first-order valence-corrected chi connectivity index (χ1v) is 11.7.